The molecule has 0 radical (unpaired) electrons. The maximum absolute atomic E-state index is 11.7. The van der Waals surface area contributed by atoms with Crippen molar-refractivity contribution in [2.75, 3.05) is 30.5 Å². The van der Waals surface area contributed by atoms with Gasteiger partial charge in [-0.25, -0.2) is 18.2 Å². The number of sulfone groups is 1. The molecule has 1 aromatic heterocycles. The minimum atomic E-state index is -3.00. The summed E-state index contributed by atoms with van der Waals surface area (Å²) in [5.74, 6) is -0.835. The SMILES string of the molecule is CCOC(=O)c1nc(NCCCS(C)(=O)=O)sc1C(C)=O. The minimum Gasteiger partial charge on any atom is -0.461 e. The summed E-state index contributed by atoms with van der Waals surface area (Å²) in [6.45, 7) is 3.61. The van der Waals surface area contributed by atoms with Gasteiger partial charge in [-0.1, -0.05) is 11.3 Å². The number of carbonyl (C=O) groups is 2. The molecule has 0 saturated heterocycles. The molecule has 9 heteroatoms. The van der Waals surface area contributed by atoms with Crippen LogP contribution in [0.3, 0.4) is 0 Å². The third-order valence-corrected chi connectivity index (χ3v) is 4.53. The topological polar surface area (TPSA) is 102 Å². The van der Waals surface area contributed by atoms with E-state index < -0.39 is 15.8 Å². The summed E-state index contributed by atoms with van der Waals surface area (Å²) in [5.41, 5.74) is -0.0000342. The fraction of sp³-hybridized carbons (Fsp3) is 0.583. The van der Waals surface area contributed by atoms with E-state index in [2.05, 4.69) is 10.3 Å². The van der Waals surface area contributed by atoms with E-state index in [1.54, 1.807) is 6.92 Å². The number of nitrogens with one attached hydrogen (secondary N) is 1. The molecule has 0 spiro atoms. The van der Waals surface area contributed by atoms with E-state index in [0.717, 1.165) is 11.3 Å². The van der Waals surface area contributed by atoms with Crippen LogP contribution in [0.1, 0.15) is 40.4 Å². The quantitative estimate of drug-likeness (QED) is 0.435. The van der Waals surface area contributed by atoms with Crippen molar-refractivity contribution >= 4 is 38.1 Å². The second kappa shape index (κ2) is 7.51. The highest BCUT2D eigenvalue weighted by molar-refractivity contribution is 7.90. The molecular weight excluding hydrogens is 316 g/mol. The summed E-state index contributed by atoms with van der Waals surface area (Å²) in [5, 5.41) is 3.31. The Hall–Kier alpha value is -1.48. The van der Waals surface area contributed by atoms with E-state index in [-0.39, 0.29) is 28.7 Å². The number of esters is 1. The molecule has 0 aromatic carbocycles. The van der Waals surface area contributed by atoms with Crippen LogP contribution in [0.15, 0.2) is 0 Å². The predicted molar refractivity (Wildman–Crippen MR) is 80.9 cm³/mol. The van der Waals surface area contributed by atoms with E-state index in [1.807, 2.05) is 0 Å². The molecule has 118 valence electrons. The number of Topliss-reactive ketones (excluding diaryl/α,β-unsaturated/α-hetero) is 1. The van der Waals surface area contributed by atoms with Gasteiger partial charge in [0.1, 0.15) is 14.7 Å². The van der Waals surface area contributed by atoms with Gasteiger partial charge in [0.05, 0.1) is 12.4 Å². The van der Waals surface area contributed by atoms with E-state index in [1.165, 1.54) is 13.2 Å². The van der Waals surface area contributed by atoms with Gasteiger partial charge < -0.3 is 10.1 Å². The second-order valence-electron chi connectivity index (χ2n) is 4.38. The van der Waals surface area contributed by atoms with Crippen molar-refractivity contribution in [2.24, 2.45) is 0 Å². The lowest BCUT2D eigenvalue weighted by Crippen LogP contribution is -2.11. The van der Waals surface area contributed by atoms with Gasteiger partial charge in [-0.2, -0.15) is 0 Å². The zero-order chi connectivity index (χ0) is 16.0. The van der Waals surface area contributed by atoms with Crippen LogP contribution in [0.4, 0.5) is 5.13 Å². The first-order chi connectivity index (χ1) is 9.74. The Balaban J connectivity index is 2.74. The monoisotopic (exact) mass is 334 g/mol. The Kier molecular flexibility index (Phi) is 6.28. The van der Waals surface area contributed by atoms with Gasteiger partial charge in [-0.3, -0.25) is 4.79 Å². The van der Waals surface area contributed by atoms with Gasteiger partial charge in [0.25, 0.3) is 0 Å². The first-order valence-electron chi connectivity index (χ1n) is 6.35. The molecule has 0 fully saturated rings. The maximum atomic E-state index is 11.7. The second-order valence-corrected chi connectivity index (χ2v) is 7.64. The van der Waals surface area contributed by atoms with Crippen molar-refractivity contribution in [3.05, 3.63) is 10.6 Å². The van der Waals surface area contributed by atoms with Crippen molar-refractivity contribution in [3.8, 4) is 0 Å². The molecule has 0 unspecified atom stereocenters. The van der Waals surface area contributed by atoms with Crippen LogP contribution in [0, 0.1) is 0 Å². The number of hydrogen-bond acceptors (Lipinski definition) is 8. The van der Waals surface area contributed by atoms with Crippen molar-refractivity contribution < 1.29 is 22.7 Å². The molecule has 0 atom stereocenters. The number of ether oxygens (including phenoxy) is 1. The maximum Gasteiger partial charge on any atom is 0.358 e. The molecule has 7 nitrogen and oxygen atoms in total. The summed E-state index contributed by atoms with van der Waals surface area (Å²) in [6, 6.07) is 0. The molecule has 0 aliphatic carbocycles. The van der Waals surface area contributed by atoms with Crippen LogP contribution >= 0.6 is 11.3 Å². The summed E-state index contributed by atoms with van der Waals surface area (Å²) in [6.07, 6.45) is 1.59. The summed E-state index contributed by atoms with van der Waals surface area (Å²) in [4.78, 5) is 27.5. The molecule has 0 aliphatic heterocycles. The summed E-state index contributed by atoms with van der Waals surface area (Å²) in [7, 11) is -3.00. The zero-order valence-corrected chi connectivity index (χ0v) is 13.8. The Morgan fingerprint density at radius 3 is 2.57 bits per heavy atom. The third-order valence-electron chi connectivity index (χ3n) is 2.38. The zero-order valence-electron chi connectivity index (χ0n) is 12.1. The van der Waals surface area contributed by atoms with Gasteiger partial charge in [-0.05, 0) is 13.3 Å². The van der Waals surface area contributed by atoms with E-state index >= 15 is 0 Å². The number of thiazole rings is 1. The first-order valence-corrected chi connectivity index (χ1v) is 9.22. The van der Waals surface area contributed by atoms with Gasteiger partial charge in [0.2, 0.25) is 0 Å². The van der Waals surface area contributed by atoms with Crippen molar-refractivity contribution in [1.29, 1.82) is 0 Å². The molecule has 0 aliphatic rings. The van der Waals surface area contributed by atoms with Crippen LogP contribution in [-0.4, -0.2) is 50.3 Å². The summed E-state index contributed by atoms with van der Waals surface area (Å²) >= 11 is 1.06. The van der Waals surface area contributed by atoms with Gasteiger partial charge in [0.15, 0.2) is 16.6 Å². The van der Waals surface area contributed by atoms with Crippen LogP contribution in [0.5, 0.6) is 0 Å². The number of ketones is 1. The number of nitrogens with zero attached hydrogens (tertiary/aromatic N) is 1. The number of carbonyl (C=O) groups excluding carboxylic acids is 2. The average Bonchev–Trinajstić information content (AvgIpc) is 2.78. The van der Waals surface area contributed by atoms with E-state index in [9.17, 15) is 18.0 Å². The molecule has 1 rings (SSSR count). The molecule has 0 bridgehead atoms. The van der Waals surface area contributed by atoms with Crippen LogP contribution in [0.2, 0.25) is 0 Å². The Morgan fingerprint density at radius 1 is 1.38 bits per heavy atom. The van der Waals surface area contributed by atoms with Crippen LogP contribution in [0.25, 0.3) is 0 Å². The standard InChI is InChI=1S/C12H18N2O5S2/c1-4-19-11(16)9-10(8(2)15)20-12(14-9)13-6-5-7-21(3,17)18/h4-7H2,1-3H3,(H,13,14). The normalized spacial score (nSPS) is 11.2. The lowest BCUT2D eigenvalue weighted by molar-refractivity contribution is 0.0517. The first kappa shape index (κ1) is 17.6. The third kappa shape index (κ3) is 5.80. The molecule has 0 amide bonds. The molecule has 1 N–H and O–H groups in total. The number of rotatable bonds is 8. The van der Waals surface area contributed by atoms with Gasteiger partial charge in [0, 0.05) is 19.7 Å². The lowest BCUT2D eigenvalue weighted by Gasteiger charge is -2.01. The summed E-state index contributed by atoms with van der Waals surface area (Å²) < 4.78 is 26.9. The number of hydrogen-bond donors (Lipinski definition) is 1. The van der Waals surface area contributed by atoms with Crippen molar-refractivity contribution in [3.63, 3.8) is 0 Å². The van der Waals surface area contributed by atoms with Crippen molar-refractivity contribution in [2.45, 2.75) is 20.3 Å². The minimum absolute atomic E-state index is 0.0000342. The number of anilines is 1. The Labute approximate surface area is 127 Å². The van der Waals surface area contributed by atoms with E-state index in [4.69, 9.17) is 4.74 Å². The molecule has 21 heavy (non-hydrogen) atoms. The molecule has 0 saturated carbocycles. The Bertz CT molecular complexity index is 622. The highest BCUT2D eigenvalue weighted by Crippen LogP contribution is 2.24. The largest absolute Gasteiger partial charge is 0.461 e. The van der Waals surface area contributed by atoms with Crippen LogP contribution in [-0.2, 0) is 14.6 Å². The van der Waals surface area contributed by atoms with Gasteiger partial charge in [-0.15, -0.1) is 0 Å². The predicted octanol–water partition coefficient (Wildman–Crippen LogP) is 1.37. The number of aromatic nitrogens is 1. The Morgan fingerprint density at radius 2 is 2.05 bits per heavy atom. The molecule has 1 heterocycles. The lowest BCUT2D eigenvalue weighted by atomic mass is 10.3. The van der Waals surface area contributed by atoms with E-state index in [0.29, 0.717) is 18.1 Å². The fourth-order valence-electron chi connectivity index (χ4n) is 1.50. The highest BCUT2D eigenvalue weighted by Gasteiger charge is 2.22. The molecule has 1 aromatic rings. The molecular formula is C12H18N2O5S2. The average molecular weight is 334 g/mol. The fourth-order valence-corrected chi connectivity index (χ4v) is 3.04. The highest BCUT2D eigenvalue weighted by atomic mass is 32.2. The smallest absolute Gasteiger partial charge is 0.358 e. The van der Waals surface area contributed by atoms with Crippen LogP contribution < -0.4 is 5.32 Å². The van der Waals surface area contributed by atoms with Gasteiger partial charge >= 0.3 is 5.97 Å². The van der Waals surface area contributed by atoms with Crippen molar-refractivity contribution in [1.82, 2.24) is 4.98 Å².